The molecule has 2 rings (SSSR count). The monoisotopic (exact) mass is 274 g/mol. The van der Waals surface area contributed by atoms with Crippen molar-refractivity contribution in [2.24, 2.45) is 5.41 Å². The molecule has 0 saturated carbocycles. The van der Waals surface area contributed by atoms with Gasteiger partial charge in [-0.1, -0.05) is 19.9 Å². The van der Waals surface area contributed by atoms with E-state index in [0.29, 0.717) is 18.5 Å². The minimum absolute atomic E-state index is 0.0832. The lowest BCUT2D eigenvalue weighted by Gasteiger charge is -2.26. The number of benzene rings is 1. The molecular weight excluding hydrogens is 252 g/mol. The van der Waals surface area contributed by atoms with Gasteiger partial charge >= 0.3 is 0 Å². The number of H-pyrrole nitrogens is 1. The Bertz CT molecular complexity index is 599. The van der Waals surface area contributed by atoms with Gasteiger partial charge in [-0.25, -0.2) is 0 Å². The Morgan fingerprint density at radius 1 is 1.40 bits per heavy atom. The SMILES string of the molecule is CC(O)CC(C)(C)CNC(=O)c1ccc2cc[nH]c2c1. The van der Waals surface area contributed by atoms with E-state index in [2.05, 4.69) is 10.3 Å². The van der Waals surface area contributed by atoms with Crippen molar-refractivity contribution in [3.63, 3.8) is 0 Å². The van der Waals surface area contributed by atoms with Crippen molar-refractivity contribution < 1.29 is 9.90 Å². The molecule has 20 heavy (non-hydrogen) atoms. The maximum Gasteiger partial charge on any atom is 0.251 e. The Hall–Kier alpha value is -1.81. The van der Waals surface area contributed by atoms with Crippen LogP contribution in [0.1, 0.15) is 37.6 Å². The van der Waals surface area contributed by atoms with Gasteiger partial charge in [0.2, 0.25) is 0 Å². The van der Waals surface area contributed by atoms with E-state index >= 15 is 0 Å². The van der Waals surface area contributed by atoms with Crippen molar-refractivity contribution in [3.05, 3.63) is 36.0 Å². The number of rotatable bonds is 5. The van der Waals surface area contributed by atoms with Gasteiger partial charge in [0.05, 0.1) is 6.10 Å². The zero-order chi connectivity index (χ0) is 14.8. The van der Waals surface area contributed by atoms with E-state index in [1.807, 2.05) is 44.3 Å². The predicted molar refractivity (Wildman–Crippen MR) is 80.7 cm³/mol. The van der Waals surface area contributed by atoms with Gasteiger partial charge in [0.25, 0.3) is 5.91 Å². The number of hydrogen-bond donors (Lipinski definition) is 3. The summed E-state index contributed by atoms with van der Waals surface area (Å²) in [5.41, 5.74) is 1.48. The summed E-state index contributed by atoms with van der Waals surface area (Å²) in [6.07, 6.45) is 2.15. The minimum Gasteiger partial charge on any atom is -0.393 e. The highest BCUT2D eigenvalue weighted by molar-refractivity contribution is 5.97. The van der Waals surface area contributed by atoms with E-state index in [4.69, 9.17) is 0 Å². The molecule has 1 aromatic carbocycles. The molecule has 108 valence electrons. The van der Waals surface area contributed by atoms with Crippen LogP contribution in [0, 0.1) is 5.41 Å². The number of aromatic amines is 1. The molecule has 0 spiro atoms. The van der Waals surface area contributed by atoms with Crippen molar-refractivity contribution in [3.8, 4) is 0 Å². The van der Waals surface area contributed by atoms with Crippen molar-refractivity contribution >= 4 is 16.8 Å². The maximum atomic E-state index is 12.2. The fourth-order valence-electron chi connectivity index (χ4n) is 2.48. The van der Waals surface area contributed by atoms with Crippen LogP contribution in [0.5, 0.6) is 0 Å². The molecule has 1 atom stereocenters. The lowest BCUT2D eigenvalue weighted by molar-refractivity contribution is 0.0902. The number of amides is 1. The summed E-state index contributed by atoms with van der Waals surface area (Å²) in [4.78, 5) is 15.3. The van der Waals surface area contributed by atoms with Crippen LogP contribution in [0.15, 0.2) is 30.5 Å². The molecule has 0 radical (unpaired) electrons. The first-order valence-corrected chi connectivity index (χ1v) is 6.91. The highest BCUT2D eigenvalue weighted by Crippen LogP contribution is 2.21. The number of aliphatic hydroxyl groups is 1. The molecule has 0 bridgehead atoms. The number of fused-ring (bicyclic) bond motifs is 1. The fraction of sp³-hybridized carbons (Fsp3) is 0.438. The topological polar surface area (TPSA) is 65.1 Å². The Labute approximate surface area is 119 Å². The number of aliphatic hydroxyl groups excluding tert-OH is 1. The standard InChI is InChI=1S/C16H22N2O2/c1-11(19)9-16(2,3)10-18-15(20)13-5-4-12-6-7-17-14(12)8-13/h4-8,11,17,19H,9-10H2,1-3H3,(H,18,20). The number of hydrogen-bond acceptors (Lipinski definition) is 2. The molecule has 0 fully saturated rings. The van der Waals surface area contributed by atoms with Crippen LogP contribution < -0.4 is 5.32 Å². The Morgan fingerprint density at radius 3 is 2.85 bits per heavy atom. The van der Waals surface area contributed by atoms with Gasteiger partial charge in [-0.3, -0.25) is 4.79 Å². The lowest BCUT2D eigenvalue weighted by atomic mass is 9.87. The zero-order valence-electron chi connectivity index (χ0n) is 12.2. The first kappa shape index (κ1) is 14.6. The molecular formula is C16H22N2O2. The van der Waals surface area contributed by atoms with Crippen LogP contribution in [0.4, 0.5) is 0 Å². The quantitative estimate of drug-likeness (QED) is 0.785. The van der Waals surface area contributed by atoms with Crippen LogP contribution in [-0.2, 0) is 0 Å². The first-order valence-electron chi connectivity index (χ1n) is 6.91. The molecule has 4 heteroatoms. The van der Waals surface area contributed by atoms with Gasteiger partial charge in [-0.15, -0.1) is 0 Å². The molecule has 1 aromatic heterocycles. The second kappa shape index (κ2) is 5.67. The van der Waals surface area contributed by atoms with Crippen LogP contribution in [0.2, 0.25) is 0 Å². The number of nitrogens with one attached hydrogen (secondary N) is 2. The van der Waals surface area contributed by atoms with Gasteiger partial charge in [0.15, 0.2) is 0 Å². The zero-order valence-corrected chi connectivity index (χ0v) is 12.2. The van der Waals surface area contributed by atoms with Crippen molar-refractivity contribution in [1.82, 2.24) is 10.3 Å². The lowest BCUT2D eigenvalue weighted by Crippen LogP contribution is -2.35. The Kier molecular flexibility index (Phi) is 4.14. The van der Waals surface area contributed by atoms with Gasteiger partial charge in [0, 0.05) is 23.8 Å². The molecule has 1 amide bonds. The van der Waals surface area contributed by atoms with E-state index in [1.165, 1.54) is 0 Å². The van der Waals surface area contributed by atoms with Crippen LogP contribution >= 0.6 is 0 Å². The fourth-order valence-corrected chi connectivity index (χ4v) is 2.48. The van der Waals surface area contributed by atoms with E-state index < -0.39 is 0 Å². The average Bonchev–Trinajstić information content (AvgIpc) is 2.81. The van der Waals surface area contributed by atoms with Gasteiger partial charge in [-0.2, -0.15) is 0 Å². The second-order valence-corrected chi connectivity index (χ2v) is 6.18. The van der Waals surface area contributed by atoms with Crippen LogP contribution in [0.25, 0.3) is 10.9 Å². The van der Waals surface area contributed by atoms with Crippen molar-refractivity contribution in [1.29, 1.82) is 0 Å². The third kappa shape index (κ3) is 3.61. The predicted octanol–water partition coefficient (Wildman–Crippen LogP) is 2.69. The average molecular weight is 274 g/mol. The third-order valence-corrected chi connectivity index (χ3v) is 3.39. The normalized spacial score (nSPS) is 13.4. The summed E-state index contributed by atoms with van der Waals surface area (Å²) >= 11 is 0. The molecule has 0 aliphatic heterocycles. The van der Waals surface area contributed by atoms with Gasteiger partial charge < -0.3 is 15.4 Å². The summed E-state index contributed by atoms with van der Waals surface area (Å²) < 4.78 is 0. The summed E-state index contributed by atoms with van der Waals surface area (Å²) in [7, 11) is 0. The van der Waals surface area contributed by atoms with Gasteiger partial charge in [0.1, 0.15) is 0 Å². The van der Waals surface area contributed by atoms with E-state index in [-0.39, 0.29) is 17.4 Å². The molecule has 0 saturated heterocycles. The second-order valence-electron chi connectivity index (χ2n) is 6.18. The Balaban J connectivity index is 2.01. The Morgan fingerprint density at radius 2 is 2.15 bits per heavy atom. The van der Waals surface area contributed by atoms with E-state index in [1.54, 1.807) is 6.92 Å². The molecule has 0 aliphatic rings. The molecule has 1 unspecified atom stereocenters. The van der Waals surface area contributed by atoms with E-state index in [0.717, 1.165) is 10.9 Å². The number of aromatic nitrogens is 1. The summed E-state index contributed by atoms with van der Waals surface area (Å²) in [5.74, 6) is -0.0832. The maximum absolute atomic E-state index is 12.2. The van der Waals surface area contributed by atoms with Gasteiger partial charge in [-0.05, 0) is 42.3 Å². The molecule has 0 aliphatic carbocycles. The molecule has 4 nitrogen and oxygen atoms in total. The summed E-state index contributed by atoms with van der Waals surface area (Å²) in [6, 6.07) is 7.59. The minimum atomic E-state index is -0.364. The highest BCUT2D eigenvalue weighted by atomic mass is 16.3. The third-order valence-electron chi connectivity index (χ3n) is 3.39. The van der Waals surface area contributed by atoms with Crippen molar-refractivity contribution in [2.45, 2.75) is 33.3 Å². The smallest absolute Gasteiger partial charge is 0.251 e. The highest BCUT2D eigenvalue weighted by Gasteiger charge is 2.21. The first-order chi connectivity index (χ1) is 9.37. The van der Waals surface area contributed by atoms with E-state index in [9.17, 15) is 9.90 Å². The molecule has 2 aromatic rings. The van der Waals surface area contributed by atoms with Crippen LogP contribution in [0.3, 0.4) is 0 Å². The number of carbonyl (C=O) groups excluding carboxylic acids is 1. The van der Waals surface area contributed by atoms with Crippen molar-refractivity contribution in [2.75, 3.05) is 6.54 Å². The summed E-state index contributed by atoms with van der Waals surface area (Å²) in [5, 5.41) is 13.5. The molecule has 1 heterocycles. The largest absolute Gasteiger partial charge is 0.393 e. The summed E-state index contributed by atoms with van der Waals surface area (Å²) in [6.45, 7) is 6.38. The molecule has 3 N–H and O–H groups in total. The number of carbonyl (C=O) groups is 1. The van der Waals surface area contributed by atoms with Crippen LogP contribution in [-0.4, -0.2) is 28.6 Å².